The normalized spacial score (nSPS) is 22.7. The first-order chi connectivity index (χ1) is 8.96. The molecule has 1 saturated carbocycles. The molecule has 0 heterocycles. The summed E-state index contributed by atoms with van der Waals surface area (Å²) in [5, 5.41) is 1.01. The molecule has 0 bridgehead atoms. The predicted octanol–water partition coefficient (Wildman–Crippen LogP) is 3.29. The summed E-state index contributed by atoms with van der Waals surface area (Å²) in [5.74, 6) is 0.802. The molecule has 0 amide bonds. The molecule has 0 aliphatic heterocycles. The lowest BCUT2D eigenvalue weighted by molar-refractivity contribution is -0.0478. The Morgan fingerprint density at radius 1 is 1.42 bits per heavy atom. The van der Waals surface area contributed by atoms with Gasteiger partial charge in [0.1, 0.15) is 6.10 Å². The van der Waals surface area contributed by atoms with E-state index in [-0.39, 0.29) is 18.3 Å². The van der Waals surface area contributed by atoms with Gasteiger partial charge in [-0.1, -0.05) is 22.6 Å². The zero-order valence-corrected chi connectivity index (χ0v) is 15.7. The summed E-state index contributed by atoms with van der Waals surface area (Å²) >= 11 is 6.46. The number of halogens is 1. The maximum Gasteiger partial charge on any atom is 0.254 e. The number of hydrogen-bond acceptors (Lipinski definition) is 5. The van der Waals surface area contributed by atoms with Gasteiger partial charge in [-0.2, -0.15) is 12.6 Å². The molecular formula is C12H24IO4PS. The topological polar surface area (TPSA) is 47.9 Å². The van der Waals surface area contributed by atoms with Gasteiger partial charge in [-0.05, 0) is 38.9 Å². The molecule has 114 valence electrons. The second-order valence-electron chi connectivity index (χ2n) is 4.73. The smallest absolute Gasteiger partial charge is 0.254 e. The fraction of sp³-hybridized carbons (Fsp3) is 0.917. The Labute approximate surface area is 135 Å². The molecule has 19 heavy (non-hydrogen) atoms. The lowest BCUT2D eigenvalue weighted by atomic mass is 10.2. The van der Waals surface area contributed by atoms with E-state index in [1.807, 2.05) is 13.8 Å². The van der Waals surface area contributed by atoms with Crippen LogP contribution >= 0.6 is 42.8 Å². The van der Waals surface area contributed by atoms with Gasteiger partial charge in [0, 0.05) is 16.8 Å². The van der Waals surface area contributed by atoms with E-state index in [0.717, 1.165) is 34.7 Å². The number of alkyl halides is 1. The van der Waals surface area contributed by atoms with Gasteiger partial charge in [0.2, 0.25) is 0 Å². The SMILES string of the molecule is COP(O)(OC(CI)C(C)OC(C)CCS)=C1CC1. The molecule has 4 nitrogen and oxygen atoms in total. The summed E-state index contributed by atoms with van der Waals surface area (Å²) in [6, 6.07) is 0. The first kappa shape index (κ1) is 18.3. The van der Waals surface area contributed by atoms with Crippen LogP contribution in [0.3, 0.4) is 0 Å². The Balaban J connectivity index is 2.60. The van der Waals surface area contributed by atoms with Crippen LogP contribution in [0.15, 0.2) is 0 Å². The molecule has 0 saturated heterocycles. The van der Waals surface area contributed by atoms with Crippen LogP contribution in [0.5, 0.6) is 0 Å². The van der Waals surface area contributed by atoms with Gasteiger partial charge in [0.15, 0.2) is 0 Å². The van der Waals surface area contributed by atoms with Crippen LogP contribution in [0.25, 0.3) is 0 Å². The van der Waals surface area contributed by atoms with Crippen molar-refractivity contribution >= 4 is 48.1 Å². The molecule has 1 aliphatic carbocycles. The first-order valence-corrected chi connectivity index (χ1v) is 10.2. The highest BCUT2D eigenvalue weighted by Gasteiger charge is 2.33. The largest absolute Gasteiger partial charge is 0.373 e. The van der Waals surface area contributed by atoms with Crippen LogP contribution in [0, 0.1) is 0 Å². The van der Waals surface area contributed by atoms with Crippen molar-refractivity contribution in [2.45, 2.75) is 51.4 Å². The number of hydrogen-bond donors (Lipinski definition) is 2. The van der Waals surface area contributed by atoms with Gasteiger partial charge in [-0.25, -0.2) is 0 Å². The van der Waals surface area contributed by atoms with E-state index in [2.05, 4.69) is 35.2 Å². The molecular weight excluding hydrogens is 398 g/mol. The molecule has 4 unspecified atom stereocenters. The van der Waals surface area contributed by atoms with Gasteiger partial charge in [-0.3, -0.25) is 0 Å². The summed E-state index contributed by atoms with van der Waals surface area (Å²) in [6.45, 7) is 4.01. The summed E-state index contributed by atoms with van der Waals surface area (Å²) in [7, 11) is -1.27. The third-order valence-electron chi connectivity index (χ3n) is 3.06. The van der Waals surface area contributed by atoms with E-state index in [1.54, 1.807) is 0 Å². The van der Waals surface area contributed by atoms with Crippen molar-refractivity contribution in [1.82, 2.24) is 0 Å². The van der Waals surface area contributed by atoms with Crippen molar-refractivity contribution in [2.24, 2.45) is 0 Å². The highest BCUT2D eigenvalue weighted by molar-refractivity contribution is 14.1. The maximum absolute atomic E-state index is 10.4. The molecule has 0 aromatic carbocycles. The van der Waals surface area contributed by atoms with Crippen LogP contribution in [-0.2, 0) is 13.8 Å². The third-order valence-corrected chi connectivity index (χ3v) is 6.48. The molecule has 0 radical (unpaired) electrons. The number of rotatable bonds is 9. The Kier molecular flexibility index (Phi) is 8.28. The van der Waals surface area contributed by atoms with Crippen molar-refractivity contribution in [2.75, 3.05) is 17.3 Å². The average molecular weight is 422 g/mol. The summed E-state index contributed by atoms with van der Waals surface area (Å²) in [6.07, 6.45) is 2.64. The molecule has 4 atom stereocenters. The van der Waals surface area contributed by atoms with Crippen molar-refractivity contribution in [3.8, 4) is 0 Å². The standard InChI is InChI=1S/C12H24IO4PS/c1-9(6-7-19)16-10(2)12(8-13)17-18(14,15-3)11-4-5-11/h9-10,12,14,19H,4-8H2,1-3H3. The molecule has 1 N–H and O–H groups in total. The Morgan fingerprint density at radius 2 is 2.05 bits per heavy atom. The Bertz CT molecular complexity index is 334. The monoisotopic (exact) mass is 422 g/mol. The fourth-order valence-corrected chi connectivity index (χ4v) is 5.04. The highest BCUT2D eigenvalue weighted by Crippen LogP contribution is 2.53. The summed E-state index contributed by atoms with van der Waals surface area (Å²) in [4.78, 5) is 10.4. The molecule has 0 aromatic rings. The van der Waals surface area contributed by atoms with Crippen molar-refractivity contribution in [3.05, 3.63) is 0 Å². The second kappa shape index (κ2) is 8.61. The molecule has 1 fully saturated rings. The minimum atomic E-state index is -2.78. The highest BCUT2D eigenvalue weighted by atomic mass is 127. The molecule has 7 heteroatoms. The number of ether oxygens (including phenoxy) is 1. The Morgan fingerprint density at radius 3 is 2.47 bits per heavy atom. The van der Waals surface area contributed by atoms with E-state index in [9.17, 15) is 4.89 Å². The van der Waals surface area contributed by atoms with Gasteiger partial charge in [0.25, 0.3) is 7.57 Å². The fourth-order valence-electron chi connectivity index (χ4n) is 1.71. The van der Waals surface area contributed by atoms with E-state index in [0.29, 0.717) is 0 Å². The predicted molar refractivity (Wildman–Crippen MR) is 92.6 cm³/mol. The minimum Gasteiger partial charge on any atom is -0.373 e. The molecule has 0 aromatic heterocycles. The van der Waals surface area contributed by atoms with E-state index in [4.69, 9.17) is 13.8 Å². The van der Waals surface area contributed by atoms with Crippen LogP contribution in [-0.4, -0.2) is 45.8 Å². The van der Waals surface area contributed by atoms with E-state index in [1.165, 1.54) is 7.11 Å². The molecule has 0 spiro atoms. The second-order valence-corrected chi connectivity index (χ2v) is 8.31. The summed E-state index contributed by atoms with van der Waals surface area (Å²) in [5.41, 5.74) is 0. The number of thiol groups is 1. The van der Waals surface area contributed by atoms with Crippen LogP contribution in [0.1, 0.15) is 33.1 Å². The van der Waals surface area contributed by atoms with Gasteiger partial charge in [0.05, 0.1) is 12.2 Å². The zero-order valence-electron chi connectivity index (χ0n) is 11.7. The molecule has 1 aliphatic rings. The van der Waals surface area contributed by atoms with Crippen LogP contribution < -0.4 is 0 Å². The van der Waals surface area contributed by atoms with E-state index >= 15 is 0 Å². The zero-order chi connectivity index (χ0) is 14.5. The van der Waals surface area contributed by atoms with Crippen molar-refractivity contribution in [3.63, 3.8) is 0 Å². The quantitative estimate of drug-likeness (QED) is 0.259. The van der Waals surface area contributed by atoms with Gasteiger partial charge < -0.3 is 18.7 Å². The van der Waals surface area contributed by atoms with Crippen LogP contribution in [0.2, 0.25) is 0 Å². The maximum atomic E-state index is 10.4. The van der Waals surface area contributed by atoms with Crippen LogP contribution in [0.4, 0.5) is 0 Å². The van der Waals surface area contributed by atoms with Gasteiger partial charge in [-0.15, -0.1) is 0 Å². The lowest BCUT2D eigenvalue weighted by Gasteiger charge is -2.29. The average Bonchev–Trinajstić information content (AvgIpc) is 3.20. The lowest BCUT2D eigenvalue weighted by Crippen LogP contribution is -2.33. The van der Waals surface area contributed by atoms with Gasteiger partial charge >= 0.3 is 0 Å². The molecule has 1 rings (SSSR count). The van der Waals surface area contributed by atoms with Crippen molar-refractivity contribution in [1.29, 1.82) is 0 Å². The summed E-state index contributed by atoms with van der Waals surface area (Å²) < 4.78 is 17.7. The van der Waals surface area contributed by atoms with E-state index < -0.39 is 7.57 Å². The van der Waals surface area contributed by atoms with Crippen molar-refractivity contribution < 1.29 is 18.7 Å². The Hall–Kier alpha value is 1.22. The minimum absolute atomic E-state index is 0.0761. The third kappa shape index (κ3) is 5.85. The first-order valence-electron chi connectivity index (χ1n) is 6.50.